The average molecular weight is 252 g/mol. The van der Waals surface area contributed by atoms with E-state index in [2.05, 4.69) is 65.8 Å². The monoisotopic (exact) mass is 252 g/mol. The molecule has 0 saturated carbocycles. The summed E-state index contributed by atoms with van der Waals surface area (Å²) in [5, 5.41) is 3.30. The SMILES string of the molecule is CN1CCc2ccccc21.c1ccc2c(c1)CCN2. The fourth-order valence-electron chi connectivity index (χ4n) is 2.75. The van der Waals surface area contributed by atoms with E-state index in [9.17, 15) is 0 Å². The minimum Gasteiger partial charge on any atom is -0.384 e. The van der Waals surface area contributed by atoms with Crippen molar-refractivity contribution < 1.29 is 0 Å². The molecule has 0 fully saturated rings. The van der Waals surface area contributed by atoms with Gasteiger partial charge < -0.3 is 10.2 Å². The first-order valence-electron chi connectivity index (χ1n) is 6.95. The third-order valence-corrected chi connectivity index (χ3v) is 3.85. The number of hydrogen-bond donors (Lipinski definition) is 1. The third kappa shape index (κ3) is 2.58. The normalized spacial score (nSPS) is 15.1. The summed E-state index contributed by atoms with van der Waals surface area (Å²) in [5.74, 6) is 0. The molecule has 0 aliphatic carbocycles. The summed E-state index contributed by atoms with van der Waals surface area (Å²) >= 11 is 0. The van der Waals surface area contributed by atoms with Crippen molar-refractivity contribution >= 4 is 11.4 Å². The second kappa shape index (κ2) is 5.35. The minimum absolute atomic E-state index is 1.11. The number of benzene rings is 2. The van der Waals surface area contributed by atoms with Gasteiger partial charge in [0.1, 0.15) is 0 Å². The molecule has 2 aromatic rings. The highest BCUT2D eigenvalue weighted by Gasteiger charge is 2.12. The minimum atomic E-state index is 1.11. The molecule has 0 spiro atoms. The predicted octanol–water partition coefficient (Wildman–Crippen LogP) is 3.33. The molecule has 2 heterocycles. The lowest BCUT2D eigenvalue weighted by molar-refractivity contribution is 0.956. The second-order valence-electron chi connectivity index (χ2n) is 5.13. The molecule has 19 heavy (non-hydrogen) atoms. The molecular formula is C17H20N2. The number of rotatable bonds is 0. The van der Waals surface area contributed by atoms with Gasteiger partial charge in [-0.05, 0) is 36.1 Å². The zero-order chi connectivity index (χ0) is 13.1. The van der Waals surface area contributed by atoms with Crippen molar-refractivity contribution in [3.8, 4) is 0 Å². The van der Waals surface area contributed by atoms with Gasteiger partial charge in [-0.3, -0.25) is 0 Å². The first kappa shape index (κ1) is 12.1. The van der Waals surface area contributed by atoms with E-state index in [-0.39, 0.29) is 0 Å². The molecule has 0 radical (unpaired) electrons. The first-order chi connectivity index (χ1) is 9.34. The Bertz CT molecular complexity index is 540. The molecule has 2 aromatic carbocycles. The Morgan fingerprint density at radius 2 is 1.63 bits per heavy atom. The fraction of sp³-hybridized carbons (Fsp3) is 0.294. The lowest BCUT2D eigenvalue weighted by Crippen LogP contribution is -2.12. The highest BCUT2D eigenvalue weighted by atomic mass is 15.1. The number of hydrogen-bond acceptors (Lipinski definition) is 2. The van der Waals surface area contributed by atoms with Gasteiger partial charge in [0.2, 0.25) is 0 Å². The molecule has 2 heteroatoms. The molecule has 0 unspecified atom stereocenters. The molecule has 2 aliphatic rings. The van der Waals surface area contributed by atoms with Crippen molar-refractivity contribution in [1.82, 2.24) is 0 Å². The average Bonchev–Trinajstić information content (AvgIpc) is 3.07. The summed E-state index contributed by atoms with van der Waals surface area (Å²) in [7, 11) is 2.14. The Kier molecular flexibility index (Phi) is 3.41. The van der Waals surface area contributed by atoms with Crippen molar-refractivity contribution in [3.63, 3.8) is 0 Å². The van der Waals surface area contributed by atoms with Gasteiger partial charge in [-0.1, -0.05) is 36.4 Å². The van der Waals surface area contributed by atoms with E-state index >= 15 is 0 Å². The summed E-state index contributed by atoms with van der Waals surface area (Å²) in [5.41, 5.74) is 5.67. The summed E-state index contributed by atoms with van der Waals surface area (Å²) in [6.45, 7) is 2.29. The quantitative estimate of drug-likeness (QED) is 0.773. The van der Waals surface area contributed by atoms with Crippen LogP contribution in [0.4, 0.5) is 11.4 Å². The van der Waals surface area contributed by atoms with Gasteiger partial charge in [-0.2, -0.15) is 0 Å². The maximum Gasteiger partial charge on any atom is 0.0396 e. The molecule has 0 saturated heterocycles. The molecule has 2 aliphatic heterocycles. The van der Waals surface area contributed by atoms with Gasteiger partial charge >= 0.3 is 0 Å². The number of nitrogens with one attached hydrogen (secondary N) is 1. The van der Waals surface area contributed by atoms with Crippen LogP contribution < -0.4 is 10.2 Å². The van der Waals surface area contributed by atoms with E-state index in [4.69, 9.17) is 0 Å². The highest BCUT2D eigenvalue weighted by Crippen LogP contribution is 2.25. The maximum atomic E-state index is 3.30. The molecule has 98 valence electrons. The Labute approximate surface area is 115 Å². The van der Waals surface area contributed by atoms with Crippen molar-refractivity contribution in [1.29, 1.82) is 0 Å². The molecule has 4 rings (SSSR count). The second-order valence-corrected chi connectivity index (χ2v) is 5.13. The van der Waals surface area contributed by atoms with Crippen molar-refractivity contribution in [2.45, 2.75) is 12.8 Å². The van der Waals surface area contributed by atoms with Crippen LogP contribution in [0.3, 0.4) is 0 Å². The van der Waals surface area contributed by atoms with Gasteiger partial charge in [0.15, 0.2) is 0 Å². The van der Waals surface area contributed by atoms with E-state index in [0.29, 0.717) is 0 Å². The van der Waals surface area contributed by atoms with Gasteiger partial charge in [0.05, 0.1) is 0 Å². The van der Waals surface area contributed by atoms with Crippen LogP contribution in [0.25, 0.3) is 0 Å². The predicted molar refractivity (Wildman–Crippen MR) is 82.1 cm³/mol. The fourth-order valence-corrected chi connectivity index (χ4v) is 2.75. The van der Waals surface area contributed by atoms with Gasteiger partial charge in [0.25, 0.3) is 0 Å². The zero-order valence-corrected chi connectivity index (χ0v) is 11.4. The van der Waals surface area contributed by atoms with Crippen molar-refractivity contribution in [2.75, 3.05) is 30.4 Å². The molecule has 2 nitrogen and oxygen atoms in total. The Balaban J connectivity index is 0.000000117. The highest BCUT2D eigenvalue weighted by molar-refractivity contribution is 5.57. The molecule has 1 N–H and O–H groups in total. The molecule has 0 amide bonds. The number of para-hydroxylation sites is 2. The molecule has 0 bridgehead atoms. The van der Waals surface area contributed by atoms with Crippen LogP contribution in [0.15, 0.2) is 48.5 Å². The summed E-state index contributed by atoms with van der Waals surface area (Å²) < 4.78 is 0. The topological polar surface area (TPSA) is 15.3 Å². The van der Waals surface area contributed by atoms with E-state index in [0.717, 1.165) is 6.54 Å². The summed E-state index contributed by atoms with van der Waals surface area (Å²) in [6.07, 6.45) is 2.41. The number of likely N-dealkylation sites (N-methyl/N-ethyl adjacent to an activating group) is 1. The number of anilines is 2. The number of nitrogens with zero attached hydrogens (tertiary/aromatic N) is 1. The van der Waals surface area contributed by atoms with Crippen LogP contribution in [0.2, 0.25) is 0 Å². The third-order valence-electron chi connectivity index (χ3n) is 3.85. The van der Waals surface area contributed by atoms with Gasteiger partial charge in [-0.25, -0.2) is 0 Å². The maximum absolute atomic E-state index is 3.30. The van der Waals surface area contributed by atoms with Crippen LogP contribution in [0, 0.1) is 0 Å². The molecular weight excluding hydrogens is 232 g/mol. The summed E-state index contributed by atoms with van der Waals surface area (Å²) in [6, 6.07) is 17.1. The van der Waals surface area contributed by atoms with Crippen molar-refractivity contribution in [3.05, 3.63) is 59.7 Å². The Morgan fingerprint density at radius 3 is 2.42 bits per heavy atom. The van der Waals surface area contributed by atoms with Crippen LogP contribution in [0.5, 0.6) is 0 Å². The van der Waals surface area contributed by atoms with E-state index < -0.39 is 0 Å². The Morgan fingerprint density at radius 1 is 0.895 bits per heavy atom. The first-order valence-corrected chi connectivity index (χ1v) is 6.95. The van der Waals surface area contributed by atoms with Gasteiger partial charge in [0, 0.05) is 31.5 Å². The van der Waals surface area contributed by atoms with Gasteiger partial charge in [-0.15, -0.1) is 0 Å². The zero-order valence-electron chi connectivity index (χ0n) is 11.4. The van der Waals surface area contributed by atoms with Crippen LogP contribution in [-0.4, -0.2) is 20.1 Å². The smallest absolute Gasteiger partial charge is 0.0396 e. The Hall–Kier alpha value is -1.96. The molecule has 0 atom stereocenters. The number of fused-ring (bicyclic) bond motifs is 2. The van der Waals surface area contributed by atoms with Crippen molar-refractivity contribution in [2.24, 2.45) is 0 Å². The summed E-state index contributed by atoms with van der Waals surface area (Å²) in [4.78, 5) is 2.30. The van der Waals surface area contributed by atoms with Crippen LogP contribution in [0.1, 0.15) is 11.1 Å². The van der Waals surface area contributed by atoms with Crippen LogP contribution >= 0.6 is 0 Å². The van der Waals surface area contributed by atoms with E-state index in [1.165, 1.54) is 41.9 Å². The van der Waals surface area contributed by atoms with Crippen LogP contribution in [-0.2, 0) is 12.8 Å². The van der Waals surface area contributed by atoms with E-state index in [1.807, 2.05) is 0 Å². The molecule has 0 aromatic heterocycles. The standard InChI is InChI=1S/C9H11N.C8H9N/c1-10-7-6-8-4-2-3-5-9(8)10;1-2-4-8-7(3-1)5-6-9-8/h2-5H,6-7H2,1H3;1-4,9H,5-6H2. The lowest BCUT2D eigenvalue weighted by atomic mass is 10.2. The largest absolute Gasteiger partial charge is 0.384 e. The lowest BCUT2D eigenvalue weighted by Gasteiger charge is -2.10. The van der Waals surface area contributed by atoms with E-state index in [1.54, 1.807) is 0 Å².